The van der Waals surface area contributed by atoms with Gasteiger partial charge in [-0.1, -0.05) is 13.3 Å². The van der Waals surface area contributed by atoms with E-state index in [0.717, 1.165) is 0 Å². The van der Waals surface area contributed by atoms with E-state index in [2.05, 4.69) is 0 Å². The van der Waals surface area contributed by atoms with Gasteiger partial charge in [-0.15, -0.1) is 0 Å². The van der Waals surface area contributed by atoms with Crippen LogP contribution in [0, 0.1) is 0 Å². The average molecular weight is 239 g/mol. The van der Waals surface area contributed by atoms with Gasteiger partial charge in [0.2, 0.25) is 10.0 Å². The van der Waals surface area contributed by atoms with Crippen LogP contribution in [0.1, 0.15) is 26.7 Å². The maximum absolute atomic E-state index is 11.3. The Morgan fingerprint density at radius 1 is 1.47 bits per heavy atom. The van der Waals surface area contributed by atoms with Gasteiger partial charge in [0.15, 0.2) is 0 Å². The summed E-state index contributed by atoms with van der Waals surface area (Å²) in [7, 11) is -3.62. The molecule has 0 saturated carbocycles. The van der Waals surface area contributed by atoms with Gasteiger partial charge in [-0.05, 0) is 13.3 Å². The molecule has 0 spiro atoms. The first kappa shape index (κ1) is 14.3. The Labute approximate surface area is 89.4 Å². The van der Waals surface area contributed by atoms with E-state index in [1.165, 1.54) is 6.92 Å². The molecule has 0 bridgehead atoms. The Hall–Kier alpha value is -0.660. The standard InChI is InChI=1S/C8H17NO5S/c1-3-4-5-15(13,14)9-7(6(2)10)8(11)12/h6-7,9-10H,3-5H2,1-2H3,(H,11,12)/t6-,7-/m0/s1. The molecule has 0 unspecified atom stereocenters. The maximum atomic E-state index is 11.3. The minimum atomic E-state index is -3.62. The molecule has 0 heterocycles. The van der Waals surface area contributed by atoms with E-state index in [9.17, 15) is 13.2 Å². The first-order valence-electron chi connectivity index (χ1n) is 4.71. The second-order valence-electron chi connectivity index (χ2n) is 3.35. The smallest absolute Gasteiger partial charge is 0.324 e. The second kappa shape index (κ2) is 6.04. The predicted octanol–water partition coefficient (Wildman–Crippen LogP) is -0.460. The number of carboxylic acids is 1. The number of hydrogen-bond donors (Lipinski definition) is 3. The Kier molecular flexibility index (Phi) is 5.77. The summed E-state index contributed by atoms with van der Waals surface area (Å²) in [5.41, 5.74) is 0. The zero-order valence-electron chi connectivity index (χ0n) is 8.80. The molecule has 0 aromatic heterocycles. The van der Waals surface area contributed by atoms with E-state index in [1.807, 2.05) is 11.6 Å². The van der Waals surface area contributed by atoms with Crippen LogP contribution in [0.5, 0.6) is 0 Å². The second-order valence-corrected chi connectivity index (χ2v) is 5.22. The van der Waals surface area contributed by atoms with Gasteiger partial charge in [0.1, 0.15) is 6.04 Å². The Bertz CT molecular complexity index is 298. The number of rotatable bonds is 7. The topological polar surface area (TPSA) is 104 Å². The Balaban J connectivity index is 4.46. The molecule has 7 heteroatoms. The highest BCUT2D eigenvalue weighted by molar-refractivity contribution is 7.89. The number of carbonyl (C=O) groups is 1. The molecule has 0 radical (unpaired) electrons. The summed E-state index contributed by atoms with van der Waals surface area (Å²) < 4.78 is 24.6. The minimum Gasteiger partial charge on any atom is -0.480 e. The van der Waals surface area contributed by atoms with Gasteiger partial charge in [0, 0.05) is 0 Å². The van der Waals surface area contributed by atoms with Crippen molar-refractivity contribution in [3.8, 4) is 0 Å². The van der Waals surface area contributed by atoms with Crippen LogP contribution >= 0.6 is 0 Å². The molecule has 15 heavy (non-hydrogen) atoms. The van der Waals surface area contributed by atoms with E-state index >= 15 is 0 Å². The molecule has 2 atom stereocenters. The summed E-state index contributed by atoms with van der Waals surface area (Å²) in [4.78, 5) is 10.6. The highest BCUT2D eigenvalue weighted by atomic mass is 32.2. The van der Waals surface area contributed by atoms with E-state index in [4.69, 9.17) is 10.2 Å². The quantitative estimate of drug-likeness (QED) is 0.557. The molecule has 0 saturated heterocycles. The Morgan fingerprint density at radius 2 is 2.00 bits per heavy atom. The van der Waals surface area contributed by atoms with Crippen LogP contribution in [0.3, 0.4) is 0 Å². The SMILES string of the molecule is CCCCS(=O)(=O)N[C@H](C(=O)O)[C@H](C)O. The van der Waals surface area contributed by atoms with Crippen molar-refractivity contribution < 1.29 is 23.4 Å². The van der Waals surface area contributed by atoms with Gasteiger partial charge in [-0.2, -0.15) is 4.72 Å². The van der Waals surface area contributed by atoms with Gasteiger partial charge in [0.05, 0.1) is 11.9 Å². The molecule has 0 fully saturated rings. The molecule has 90 valence electrons. The lowest BCUT2D eigenvalue weighted by Gasteiger charge is -2.16. The van der Waals surface area contributed by atoms with Crippen molar-refractivity contribution in [2.24, 2.45) is 0 Å². The van der Waals surface area contributed by atoms with Gasteiger partial charge in [-0.25, -0.2) is 8.42 Å². The fourth-order valence-electron chi connectivity index (χ4n) is 0.942. The molecule has 0 aliphatic heterocycles. The summed E-state index contributed by atoms with van der Waals surface area (Å²) in [5.74, 6) is -1.51. The first-order chi connectivity index (χ1) is 6.80. The molecule has 6 nitrogen and oxygen atoms in total. The highest BCUT2D eigenvalue weighted by Gasteiger charge is 2.27. The number of nitrogens with one attached hydrogen (secondary N) is 1. The molecule has 3 N–H and O–H groups in total. The normalized spacial score (nSPS) is 15.9. The van der Waals surface area contributed by atoms with Crippen molar-refractivity contribution in [1.29, 1.82) is 0 Å². The van der Waals surface area contributed by atoms with Crippen LogP contribution in [0.15, 0.2) is 0 Å². The van der Waals surface area contributed by atoms with Gasteiger partial charge < -0.3 is 10.2 Å². The van der Waals surface area contributed by atoms with E-state index in [0.29, 0.717) is 12.8 Å². The summed E-state index contributed by atoms with van der Waals surface area (Å²) >= 11 is 0. The molecule has 0 aromatic rings. The summed E-state index contributed by atoms with van der Waals surface area (Å²) in [6.45, 7) is 3.06. The number of aliphatic hydroxyl groups is 1. The van der Waals surface area contributed by atoms with E-state index < -0.39 is 28.1 Å². The monoisotopic (exact) mass is 239 g/mol. The summed E-state index contributed by atoms with van der Waals surface area (Å²) in [5, 5.41) is 17.7. The zero-order chi connectivity index (χ0) is 12.1. The number of unbranched alkanes of at least 4 members (excludes halogenated alkanes) is 1. The van der Waals surface area contributed by atoms with Crippen molar-refractivity contribution in [3.05, 3.63) is 0 Å². The van der Waals surface area contributed by atoms with Crippen LogP contribution < -0.4 is 4.72 Å². The van der Waals surface area contributed by atoms with E-state index in [1.54, 1.807) is 0 Å². The fourth-order valence-corrected chi connectivity index (χ4v) is 2.41. The third-order valence-corrected chi connectivity index (χ3v) is 3.26. The number of sulfonamides is 1. The van der Waals surface area contributed by atoms with Gasteiger partial charge in [-0.3, -0.25) is 4.79 Å². The maximum Gasteiger partial charge on any atom is 0.324 e. The predicted molar refractivity (Wildman–Crippen MR) is 54.9 cm³/mol. The van der Waals surface area contributed by atoms with Crippen molar-refractivity contribution in [1.82, 2.24) is 4.72 Å². The van der Waals surface area contributed by atoms with E-state index in [-0.39, 0.29) is 5.75 Å². The lowest BCUT2D eigenvalue weighted by Crippen LogP contribution is -2.48. The van der Waals surface area contributed by atoms with Gasteiger partial charge >= 0.3 is 5.97 Å². The van der Waals surface area contributed by atoms with Crippen molar-refractivity contribution in [2.45, 2.75) is 38.8 Å². The average Bonchev–Trinajstić information content (AvgIpc) is 2.10. The molecule has 0 amide bonds. The third-order valence-electron chi connectivity index (χ3n) is 1.82. The van der Waals surface area contributed by atoms with Crippen LogP contribution in [0.4, 0.5) is 0 Å². The number of aliphatic hydroxyl groups excluding tert-OH is 1. The molecule has 0 rings (SSSR count). The minimum absolute atomic E-state index is 0.125. The zero-order valence-corrected chi connectivity index (χ0v) is 9.62. The molecule has 0 aromatic carbocycles. The highest BCUT2D eigenvalue weighted by Crippen LogP contribution is 1.99. The van der Waals surface area contributed by atoms with Crippen molar-refractivity contribution >= 4 is 16.0 Å². The van der Waals surface area contributed by atoms with Crippen LogP contribution in [0.2, 0.25) is 0 Å². The third kappa shape index (κ3) is 5.71. The molecular formula is C8H17NO5S. The van der Waals surface area contributed by atoms with Gasteiger partial charge in [0.25, 0.3) is 0 Å². The molecule has 0 aliphatic rings. The fraction of sp³-hybridized carbons (Fsp3) is 0.875. The van der Waals surface area contributed by atoms with Crippen molar-refractivity contribution in [3.63, 3.8) is 0 Å². The number of carboxylic acid groups (broad SMARTS) is 1. The van der Waals surface area contributed by atoms with Crippen molar-refractivity contribution in [2.75, 3.05) is 5.75 Å². The lowest BCUT2D eigenvalue weighted by atomic mass is 10.2. The largest absolute Gasteiger partial charge is 0.480 e. The molecule has 0 aliphatic carbocycles. The summed E-state index contributed by atoms with van der Waals surface area (Å²) in [6, 6.07) is -1.48. The Morgan fingerprint density at radius 3 is 2.33 bits per heavy atom. The lowest BCUT2D eigenvalue weighted by molar-refractivity contribution is -0.141. The number of hydrogen-bond acceptors (Lipinski definition) is 4. The van der Waals surface area contributed by atoms with Crippen LogP contribution in [0.25, 0.3) is 0 Å². The molecular weight excluding hydrogens is 222 g/mol. The number of aliphatic carboxylic acids is 1. The first-order valence-corrected chi connectivity index (χ1v) is 6.36. The summed E-state index contributed by atoms with van der Waals surface area (Å²) in [6.07, 6.45) is -0.103. The van der Waals surface area contributed by atoms with Crippen LogP contribution in [-0.4, -0.2) is 42.5 Å². The van der Waals surface area contributed by atoms with Crippen LogP contribution in [-0.2, 0) is 14.8 Å².